The first kappa shape index (κ1) is 23.3. The molecule has 1 fully saturated rings. The Morgan fingerprint density at radius 3 is 1.96 bits per heavy atom. The number of esters is 1. The van der Waals surface area contributed by atoms with E-state index in [0.717, 1.165) is 24.2 Å². The summed E-state index contributed by atoms with van der Waals surface area (Å²) in [7, 11) is 0. The molecule has 4 N–H and O–H groups in total. The number of nitrogens with zero attached hydrogens (tertiary/aromatic N) is 2. The molecule has 0 spiro atoms. The van der Waals surface area contributed by atoms with Crippen molar-refractivity contribution in [1.29, 1.82) is 0 Å². The zero-order valence-corrected chi connectivity index (χ0v) is 16.7. The molecule has 0 aliphatic carbocycles. The number of hydrazine groups is 1. The minimum atomic E-state index is -1.19. The van der Waals surface area contributed by atoms with E-state index in [0.29, 0.717) is 12.3 Å². The maximum atomic E-state index is 11.8. The lowest BCUT2D eigenvalue weighted by molar-refractivity contribution is -0.148. The number of carbonyl (C=O) groups excluding carboxylic acids is 1. The van der Waals surface area contributed by atoms with Crippen molar-refractivity contribution in [3.05, 3.63) is 0 Å². The largest absolute Gasteiger partial charge is 0.480 e. The van der Waals surface area contributed by atoms with E-state index >= 15 is 0 Å². The van der Waals surface area contributed by atoms with Gasteiger partial charge in [0.15, 0.2) is 0 Å². The van der Waals surface area contributed by atoms with Gasteiger partial charge in [-0.1, -0.05) is 0 Å². The van der Waals surface area contributed by atoms with Gasteiger partial charge in [0.1, 0.15) is 0 Å². The zero-order valence-electron chi connectivity index (χ0n) is 16.7. The van der Waals surface area contributed by atoms with Crippen molar-refractivity contribution in [2.45, 2.75) is 64.5 Å². The molecule has 27 heavy (non-hydrogen) atoms. The highest BCUT2D eigenvalue weighted by atomic mass is 16.5. The molecule has 1 aliphatic heterocycles. The molecule has 9 nitrogen and oxygen atoms in total. The molecule has 0 atom stereocenters. The van der Waals surface area contributed by atoms with Crippen LogP contribution in [0.15, 0.2) is 0 Å². The summed E-state index contributed by atoms with van der Waals surface area (Å²) in [5.74, 6) is 3.71. The van der Waals surface area contributed by atoms with E-state index in [4.69, 9.17) is 20.8 Å². The third-order valence-corrected chi connectivity index (χ3v) is 4.97. The fourth-order valence-electron chi connectivity index (χ4n) is 4.04. The Bertz CT molecular complexity index is 515. The van der Waals surface area contributed by atoms with Crippen molar-refractivity contribution in [3.63, 3.8) is 0 Å². The van der Waals surface area contributed by atoms with Crippen LogP contribution in [0.5, 0.6) is 0 Å². The van der Waals surface area contributed by atoms with Gasteiger partial charge >= 0.3 is 17.9 Å². The number of carboxylic acid groups (broad SMARTS) is 2. The van der Waals surface area contributed by atoms with Crippen LogP contribution in [0.2, 0.25) is 0 Å². The van der Waals surface area contributed by atoms with Crippen molar-refractivity contribution in [2.75, 3.05) is 26.2 Å². The van der Waals surface area contributed by atoms with Crippen molar-refractivity contribution < 1.29 is 29.3 Å². The van der Waals surface area contributed by atoms with Crippen LogP contribution in [0.25, 0.3) is 0 Å². The fourth-order valence-corrected chi connectivity index (χ4v) is 4.04. The Kier molecular flexibility index (Phi) is 8.19. The summed E-state index contributed by atoms with van der Waals surface area (Å²) in [5.41, 5.74) is -0.200. The van der Waals surface area contributed by atoms with Crippen LogP contribution in [0.1, 0.15) is 53.4 Å². The topological polar surface area (TPSA) is 133 Å². The summed E-state index contributed by atoms with van der Waals surface area (Å²) in [5, 5.41) is 19.5. The van der Waals surface area contributed by atoms with Gasteiger partial charge in [-0.25, -0.2) is 5.01 Å². The van der Waals surface area contributed by atoms with Gasteiger partial charge in [-0.2, -0.15) is 0 Å². The third-order valence-electron chi connectivity index (χ3n) is 4.97. The quantitative estimate of drug-likeness (QED) is 0.284. The van der Waals surface area contributed by atoms with E-state index < -0.39 is 31.0 Å². The Morgan fingerprint density at radius 2 is 1.52 bits per heavy atom. The summed E-state index contributed by atoms with van der Waals surface area (Å²) < 4.78 is 5.15. The van der Waals surface area contributed by atoms with E-state index in [1.807, 2.05) is 5.01 Å². The van der Waals surface area contributed by atoms with Gasteiger partial charge in [0.2, 0.25) is 0 Å². The number of aliphatic carboxylic acids is 2. The SMILES string of the molecule is CC1(C)CC(CCCOC(=O)CN(CC(=O)O)CC(=O)O)CC(C)(C)N1N. The van der Waals surface area contributed by atoms with E-state index in [2.05, 4.69) is 27.7 Å². The maximum Gasteiger partial charge on any atom is 0.320 e. The molecule has 0 aromatic heterocycles. The molecule has 0 aromatic rings. The first-order valence-corrected chi connectivity index (χ1v) is 9.20. The smallest absolute Gasteiger partial charge is 0.320 e. The average Bonchev–Trinajstić information content (AvgIpc) is 2.47. The molecule has 1 aliphatic rings. The number of carboxylic acids is 2. The lowest BCUT2D eigenvalue weighted by Crippen LogP contribution is -2.63. The third kappa shape index (κ3) is 7.82. The van der Waals surface area contributed by atoms with Crippen molar-refractivity contribution in [1.82, 2.24) is 9.91 Å². The van der Waals surface area contributed by atoms with E-state index in [-0.39, 0.29) is 24.2 Å². The second-order valence-corrected chi connectivity index (χ2v) is 8.56. The second kappa shape index (κ2) is 9.48. The molecular weight excluding hydrogens is 354 g/mol. The van der Waals surface area contributed by atoms with Gasteiger partial charge in [0.05, 0.1) is 26.2 Å². The molecular formula is C18H33N3O6. The zero-order chi connectivity index (χ0) is 20.8. The lowest BCUT2D eigenvalue weighted by atomic mass is 9.73. The molecule has 0 amide bonds. The first-order chi connectivity index (χ1) is 12.3. The molecule has 1 rings (SSSR count). The number of hydrogen-bond acceptors (Lipinski definition) is 7. The van der Waals surface area contributed by atoms with E-state index in [1.54, 1.807) is 0 Å². The predicted molar refractivity (Wildman–Crippen MR) is 98.8 cm³/mol. The Hall–Kier alpha value is -1.71. The average molecular weight is 387 g/mol. The predicted octanol–water partition coefficient (Wildman–Crippen LogP) is 0.924. The van der Waals surface area contributed by atoms with Crippen LogP contribution in [-0.4, -0.2) is 75.3 Å². The highest BCUT2D eigenvalue weighted by molar-refractivity contribution is 5.76. The molecule has 1 saturated heterocycles. The molecule has 0 saturated carbocycles. The highest BCUT2D eigenvalue weighted by Gasteiger charge is 2.43. The van der Waals surface area contributed by atoms with E-state index in [1.165, 1.54) is 0 Å². The van der Waals surface area contributed by atoms with Crippen LogP contribution in [0.4, 0.5) is 0 Å². The van der Waals surface area contributed by atoms with Crippen LogP contribution < -0.4 is 5.84 Å². The highest BCUT2D eigenvalue weighted by Crippen LogP contribution is 2.40. The Balaban J connectivity index is 2.39. The molecule has 0 aromatic carbocycles. The minimum Gasteiger partial charge on any atom is -0.480 e. The van der Waals surface area contributed by atoms with Crippen molar-refractivity contribution in [2.24, 2.45) is 11.8 Å². The first-order valence-electron chi connectivity index (χ1n) is 9.20. The van der Waals surface area contributed by atoms with Gasteiger partial charge in [-0.05, 0) is 59.3 Å². The second-order valence-electron chi connectivity index (χ2n) is 8.56. The summed E-state index contributed by atoms with van der Waals surface area (Å²) in [6.45, 7) is 7.33. The number of carbonyl (C=O) groups is 3. The standard InChI is InChI=1S/C18H33N3O6/c1-17(2)8-13(9-18(3,4)21(17)19)6-5-7-27-16(26)12-20(10-14(22)23)11-15(24)25/h13H,5-12,19H2,1-4H3,(H,22,23)(H,24,25). The van der Waals surface area contributed by atoms with Crippen molar-refractivity contribution >= 4 is 17.9 Å². The molecule has 0 unspecified atom stereocenters. The minimum absolute atomic E-state index is 0.0999. The summed E-state index contributed by atoms with van der Waals surface area (Å²) in [6.07, 6.45) is 3.53. The van der Waals surface area contributed by atoms with Crippen LogP contribution in [0, 0.1) is 5.92 Å². The number of piperidine rings is 1. The van der Waals surface area contributed by atoms with Crippen LogP contribution >= 0.6 is 0 Å². The van der Waals surface area contributed by atoms with Gasteiger partial charge in [-0.15, -0.1) is 0 Å². The normalized spacial score (nSPS) is 19.8. The van der Waals surface area contributed by atoms with Gasteiger partial charge < -0.3 is 14.9 Å². The molecule has 9 heteroatoms. The number of hydrogen-bond donors (Lipinski definition) is 3. The van der Waals surface area contributed by atoms with Crippen LogP contribution in [-0.2, 0) is 19.1 Å². The van der Waals surface area contributed by atoms with Gasteiger partial charge in [0, 0.05) is 11.1 Å². The number of rotatable bonds is 10. The Morgan fingerprint density at radius 1 is 1.04 bits per heavy atom. The lowest BCUT2D eigenvalue weighted by Gasteiger charge is -2.53. The van der Waals surface area contributed by atoms with Crippen molar-refractivity contribution in [3.8, 4) is 0 Å². The Labute approximate surface area is 160 Å². The monoisotopic (exact) mass is 387 g/mol. The fraction of sp³-hybridized carbons (Fsp3) is 0.833. The summed E-state index contributed by atoms with van der Waals surface area (Å²) >= 11 is 0. The number of nitrogens with two attached hydrogens (primary N) is 1. The van der Waals surface area contributed by atoms with Gasteiger partial charge in [0.25, 0.3) is 0 Å². The maximum absolute atomic E-state index is 11.8. The molecule has 0 radical (unpaired) electrons. The van der Waals surface area contributed by atoms with E-state index in [9.17, 15) is 14.4 Å². The van der Waals surface area contributed by atoms with Gasteiger partial charge in [-0.3, -0.25) is 25.1 Å². The molecule has 1 heterocycles. The number of ether oxygens (including phenoxy) is 1. The molecule has 0 bridgehead atoms. The molecule has 156 valence electrons. The summed E-state index contributed by atoms with van der Waals surface area (Å²) in [6, 6.07) is 0. The van der Waals surface area contributed by atoms with Crippen LogP contribution in [0.3, 0.4) is 0 Å². The summed E-state index contributed by atoms with van der Waals surface area (Å²) in [4.78, 5) is 34.3.